The van der Waals surface area contributed by atoms with E-state index in [1.807, 2.05) is 18.2 Å². The van der Waals surface area contributed by atoms with Gasteiger partial charge in [0.15, 0.2) is 11.5 Å². The Labute approximate surface area is 109 Å². The second kappa shape index (κ2) is 4.90. The third kappa shape index (κ3) is 2.24. The number of ether oxygens (including phenoxy) is 2. The molecule has 3 unspecified atom stereocenters. The molecule has 0 radical (unpaired) electrons. The van der Waals surface area contributed by atoms with E-state index in [-0.39, 0.29) is 11.3 Å². The Bertz CT molecular complexity index is 477. The van der Waals surface area contributed by atoms with E-state index in [0.29, 0.717) is 12.5 Å². The van der Waals surface area contributed by atoms with E-state index >= 15 is 0 Å². The first kappa shape index (κ1) is 12.0. The van der Waals surface area contributed by atoms with Gasteiger partial charge in [0.2, 0.25) is 6.79 Å². The van der Waals surface area contributed by atoms with Crippen LogP contribution < -0.4 is 14.8 Å². The molecule has 0 spiro atoms. The van der Waals surface area contributed by atoms with Crippen LogP contribution >= 0.6 is 0 Å². The molecule has 1 aromatic carbocycles. The lowest BCUT2D eigenvalue weighted by Gasteiger charge is -2.16. The molecule has 0 amide bonds. The van der Waals surface area contributed by atoms with Gasteiger partial charge < -0.3 is 14.8 Å². The first-order chi connectivity index (χ1) is 8.74. The van der Waals surface area contributed by atoms with Crippen molar-refractivity contribution in [1.82, 2.24) is 5.32 Å². The zero-order valence-electron chi connectivity index (χ0n) is 10.3. The average Bonchev–Trinajstić information content (AvgIpc) is 2.77. The molecule has 5 heteroatoms. The van der Waals surface area contributed by atoms with Gasteiger partial charge in [-0.15, -0.1) is 0 Å². The minimum Gasteiger partial charge on any atom is -0.454 e. The van der Waals surface area contributed by atoms with Crippen LogP contribution in [0.2, 0.25) is 0 Å². The lowest BCUT2D eigenvalue weighted by molar-refractivity contribution is 0.174. The molecule has 0 saturated carbocycles. The summed E-state index contributed by atoms with van der Waals surface area (Å²) in [5, 5.41) is 3.74. The molecule has 18 heavy (non-hydrogen) atoms. The normalized spacial score (nSPS) is 31.1. The van der Waals surface area contributed by atoms with Gasteiger partial charge >= 0.3 is 0 Å². The van der Waals surface area contributed by atoms with Gasteiger partial charge in [-0.25, -0.2) is 0 Å². The molecule has 98 valence electrons. The van der Waals surface area contributed by atoms with E-state index < -0.39 is 10.8 Å². The van der Waals surface area contributed by atoms with Crippen LogP contribution in [-0.4, -0.2) is 28.5 Å². The molecule has 2 heterocycles. The van der Waals surface area contributed by atoms with Crippen molar-refractivity contribution < 1.29 is 13.7 Å². The molecule has 3 atom stereocenters. The number of hydrogen-bond donors (Lipinski definition) is 1. The van der Waals surface area contributed by atoms with Crippen LogP contribution in [0.3, 0.4) is 0 Å². The molecular formula is C13H17NO3S. The molecule has 3 rings (SSSR count). The fourth-order valence-electron chi connectivity index (χ4n) is 2.32. The van der Waals surface area contributed by atoms with Crippen LogP contribution in [0.5, 0.6) is 11.5 Å². The molecular weight excluding hydrogens is 250 g/mol. The van der Waals surface area contributed by atoms with Crippen molar-refractivity contribution in [2.45, 2.75) is 24.6 Å². The van der Waals surface area contributed by atoms with E-state index in [0.717, 1.165) is 30.0 Å². The van der Waals surface area contributed by atoms with E-state index in [9.17, 15) is 4.21 Å². The Morgan fingerprint density at radius 2 is 2.17 bits per heavy atom. The van der Waals surface area contributed by atoms with Gasteiger partial charge in [-0.1, -0.05) is 13.0 Å². The summed E-state index contributed by atoms with van der Waals surface area (Å²) in [6.07, 6.45) is 0.966. The van der Waals surface area contributed by atoms with Crippen LogP contribution in [0.1, 0.15) is 24.9 Å². The summed E-state index contributed by atoms with van der Waals surface area (Å²) in [5.74, 6) is 2.25. The van der Waals surface area contributed by atoms with Gasteiger partial charge in [-0.2, -0.15) is 0 Å². The predicted molar refractivity (Wildman–Crippen MR) is 70.4 cm³/mol. The number of nitrogens with one attached hydrogen (secondary N) is 1. The van der Waals surface area contributed by atoms with Gasteiger partial charge in [0.1, 0.15) is 0 Å². The number of hydrogen-bond acceptors (Lipinski definition) is 4. The van der Waals surface area contributed by atoms with Crippen LogP contribution in [0.25, 0.3) is 0 Å². The van der Waals surface area contributed by atoms with Crippen molar-refractivity contribution in [3.63, 3.8) is 0 Å². The van der Waals surface area contributed by atoms with Crippen molar-refractivity contribution >= 4 is 10.8 Å². The van der Waals surface area contributed by atoms with Crippen molar-refractivity contribution in [3.8, 4) is 11.5 Å². The highest BCUT2D eigenvalue weighted by Crippen LogP contribution is 2.34. The van der Waals surface area contributed by atoms with Crippen molar-refractivity contribution in [2.75, 3.05) is 19.1 Å². The highest BCUT2D eigenvalue weighted by Gasteiger charge is 2.24. The molecule has 1 aromatic rings. The Morgan fingerprint density at radius 3 is 3.06 bits per heavy atom. The summed E-state index contributed by atoms with van der Waals surface area (Å²) in [4.78, 5) is 0. The fraction of sp³-hybridized carbons (Fsp3) is 0.538. The first-order valence-corrected chi connectivity index (χ1v) is 7.62. The standard InChI is InChI=1S/C13H17NO3S/c1-9-4-5-14-11(7-18(9)15)10-2-3-12-13(6-10)17-8-16-12/h2-3,6,9,11,14H,4-5,7-8H2,1H3. The van der Waals surface area contributed by atoms with Crippen LogP contribution in [0.15, 0.2) is 18.2 Å². The summed E-state index contributed by atoms with van der Waals surface area (Å²) in [6.45, 7) is 3.26. The SMILES string of the molecule is CC1CCNC(c2ccc3c(c2)OCO3)CS1=O. The lowest BCUT2D eigenvalue weighted by Crippen LogP contribution is -2.23. The Balaban J connectivity index is 1.83. The van der Waals surface area contributed by atoms with Gasteiger partial charge in [-0.05, 0) is 30.7 Å². The Hall–Kier alpha value is -1.07. The maximum Gasteiger partial charge on any atom is 0.231 e. The minimum absolute atomic E-state index is 0.144. The first-order valence-electron chi connectivity index (χ1n) is 6.24. The van der Waals surface area contributed by atoms with Gasteiger partial charge in [0.05, 0.1) is 0 Å². The van der Waals surface area contributed by atoms with E-state index in [2.05, 4.69) is 12.2 Å². The molecule has 2 aliphatic rings. The van der Waals surface area contributed by atoms with Crippen LogP contribution in [0.4, 0.5) is 0 Å². The number of benzene rings is 1. The highest BCUT2D eigenvalue weighted by molar-refractivity contribution is 7.85. The molecule has 1 fully saturated rings. The maximum absolute atomic E-state index is 12.0. The predicted octanol–water partition coefficient (Wildman–Crippen LogP) is 1.59. The minimum atomic E-state index is -0.766. The molecule has 4 nitrogen and oxygen atoms in total. The maximum atomic E-state index is 12.0. The van der Waals surface area contributed by atoms with Gasteiger partial charge in [0, 0.05) is 27.8 Å². The molecule has 1 saturated heterocycles. The molecule has 1 N–H and O–H groups in total. The van der Waals surface area contributed by atoms with Crippen molar-refractivity contribution in [3.05, 3.63) is 23.8 Å². The van der Waals surface area contributed by atoms with Crippen molar-refractivity contribution in [1.29, 1.82) is 0 Å². The molecule has 2 aliphatic heterocycles. The summed E-state index contributed by atoms with van der Waals surface area (Å²) < 4.78 is 22.7. The van der Waals surface area contributed by atoms with Gasteiger partial charge in [0.25, 0.3) is 0 Å². The third-order valence-electron chi connectivity index (χ3n) is 3.52. The summed E-state index contributed by atoms with van der Waals surface area (Å²) in [6, 6.07) is 6.09. The molecule has 0 bridgehead atoms. The smallest absolute Gasteiger partial charge is 0.231 e. The monoisotopic (exact) mass is 267 g/mol. The largest absolute Gasteiger partial charge is 0.454 e. The highest BCUT2D eigenvalue weighted by atomic mass is 32.2. The zero-order chi connectivity index (χ0) is 12.5. The average molecular weight is 267 g/mol. The van der Waals surface area contributed by atoms with Gasteiger partial charge in [-0.3, -0.25) is 4.21 Å². The van der Waals surface area contributed by atoms with Crippen LogP contribution in [-0.2, 0) is 10.8 Å². The van der Waals surface area contributed by atoms with E-state index in [1.54, 1.807) is 0 Å². The second-order valence-electron chi connectivity index (χ2n) is 4.77. The molecule has 0 aliphatic carbocycles. The quantitative estimate of drug-likeness (QED) is 0.839. The van der Waals surface area contributed by atoms with Crippen molar-refractivity contribution in [2.24, 2.45) is 0 Å². The Morgan fingerprint density at radius 1 is 1.33 bits per heavy atom. The molecule has 0 aromatic heterocycles. The third-order valence-corrected chi connectivity index (χ3v) is 5.32. The summed E-state index contributed by atoms with van der Waals surface area (Å²) in [5.41, 5.74) is 1.13. The number of rotatable bonds is 1. The van der Waals surface area contributed by atoms with E-state index in [1.165, 1.54) is 0 Å². The fourth-order valence-corrected chi connectivity index (χ4v) is 3.67. The lowest BCUT2D eigenvalue weighted by atomic mass is 10.1. The van der Waals surface area contributed by atoms with Crippen LogP contribution in [0, 0.1) is 0 Å². The number of fused-ring (bicyclic) bond motifs is 1. The zero-order valence-corrected chi connectivity index (χ0v) is 11.2. The topological polar surface area (TPSA) is 47.6 Å². The second-order valence-corrected chi connectivity index (χ2v) is 6.67. The Kier molecular flexibility index (Phi) is 3.26. The van der Waals surface area contributed by atoms with E-state index in [4.69, 9.17) is 9.47 Å². The summed E-state index contributed by atoms with van der Waals surface area (Å²) in [7, 11) is -0.766. The summed E-state index contributed by atoms with van der Waals surface area (Å²) >= 11 is 0.